The van der Waals surface area contributed by atoms with Crippen LogP contribution in [0.25, 0.3) is 5.52 Å². The Kier molecular flexibility index (Phi) is 4.73. The second-order valence-electron chi connectivity index (χ2n) is 4.83. The van der Waals surface area contributed by atoms with Gasteiger partial charge in [0.15, 0.2) is 0 Å². The Hall–Kier alpha value is -2.84. The Balaban J connectivity index is 2.07. The van der Waals surface area contributed by atoms with Crippen molar-refractivity contribution in [2.24, 2.45) is 5.16 Å². The normalized spacial score (nSPS) is 11.2. The number of carbonyl (C=O) groups is 1. The van der Waals surface area contributed by atoms with Crippen LogP contribution in [0.4, 0.5) is 5.69 Å². The Labute approximate surface area is 151 Å². The molecule has 128 valence electrons. The number of rotatable bonds is 4. The smallest absolute Gasteiger partial charge is 0.257 e. The van der Waals surface area contributed by atoms with Crippen molar-refractivity contribution in [3.63, 3.8) is 0 Å². The predicted octanol–water partition coefficient (Wildman–Crippen LogP) is 3.11. The van der Waals surface area contributed by atoms with Crippen LogP contribution in [-0.4, -0.2) is 39.0 Å². The monoisotopic (exact) mass is 379 g/mol. The largest absolute Gasteiger partial charge is 0.481 e. The molecule has 0 aliphatic carbocycles. The number of anilines is 1. The van der Waals surface area contributed by atoms with Crippen molar-refractivity contribution < 1.29 is 14.7 Å². The lowest BCUT2D eigenvalue weighted by Gasteiger charge is -2.10. The zero-order valence-corrected chi connectivity index (χ0v) is 14.3. The molecule has 0 aliphatic rings. The lowest BCUT2D eigenvalue weighted by atomic mass is 10.2. The van der Waals surface area contributed by atoms with Crippen LogP contribution in [0.1, 0.15) is 16.1 Å². The maximum atomic E-state index is 12.7. The molecule has 0 fully saturated rings. The number of nitrogens with one attached hydrogen (secondary N) is 1. The van der Waals surface area contributed by atoms with Gasteiger partial charge in [0.05, 0.1) is 40.1 Å². The molecule has 3 rings (SSSR count). The summed E-state index contributed by atoms with van der Waals surface area (Å²) in [5, 5.41) is 18.9. The number of fused-ring (bicyclic) bond motifs is 1. The maximum Gasteiger partial charge on any atom is 0.257 e. The number of halogens is 2. The van der Waals surface area contributed by atoms with Gasteiger partial charge in [-0.25, -0.2) is 0 Å². The molecule has 0 radical (unpaired) electrons. The molecular weight excluding hydrogens is 369 g/mol. The van der Waals surface area contributed by atoms with E-state index >= 15 is 0 Å². The molecule has 0 saturated carbocycles. The van der Waals surface area contributed by atoms with Gasteiger partial charge in [0.25, 0.3) is 5.91 Å². The molecule has 25 heavy (non-hydrogen) atoms. The highest BCUT2D eigenvalue weighted by atomic mass is 35.5. The number of aromatic nitrogens is 3. The molecule has 0 aliphatic heterocycles. The summed E-state index contributed by atoms with van der Waals surface area (Å²) in [6.45, 7) is 0. The van der Waals surface area contributed by atoms with Gasteiger partial charge in [-0.3, -0.25) is 9.78 Å². The van der Waals surface area contributed by atoms with Crippen molar-refractivity contribution in [2.75, 3.05) is 12.4 Å². The Bertz CT molecular complexity index is 966. The topological polar surface area (TPSA) is 101 Å². The van der Waals surface area contributed by atoms with E-state index in [0.29, 0.717) is 22.7 Å². The molecule has 10 heteroatoms. The first-order chi connectivity index (χ1) is 12.0. The predicted molar refractivity (Wildman–Crippen MR) is 93.3 cm³/mol. The Morgan fingerprint density at radius 2 is 2.08 bits per heavy atom. The second-order valence-corrected chi connectivity index (χ2v) is 5.65. The molecular formula is C15H11Cl2N5O3. The number of pyridine rings is 2. The summed E-state index contributed by atoms with van der Waals surface area (Å²) in [5.74, 6) is -0.0424. The second kappa shape index (κ2) is 6.96. The summed E-state index contributed by atoms with van der Waals surface area (Å²) >= 11 is 12.1. The zero-order valence-electron chi connectivity index (χ0n) is 12.8. The van der Waals surface area contributed by atoms with E-state index < -0.39 is 5.91 Å². The number of hydrogen-bond acceptors (Lipinski definition) is 6. The highest BCUT2D eigenvalue weighted by molar-refractivity contribution is 6.39. The highest BCUT2D eigenvalue weighted by Crippen LogP contribution is 2.29. The van der Waals surface area contributed by atoms with Crippen molar-refractivity contribution in [1.82, 2.24) is 14.6 Å². The first kappa shape index (κ1) is 17.0. The van der Waals surface area contributed by atoms with Gasteiger partial charge in [0.2, 0.25) is 5.88 Å². The van der Waals surface area contributed by atoms with E-state index in [0.717, 1.165) is 6.21 Å². The van der Waals surface area contributed by atoms with Crippen LogP contribution in [0.3, 0.4) is 0 Å². The van der Waals surface area contributed by atoms with Crippen LogP contribution >= 0.6 is 23.2 Å². The molecule has 0 bridgehead atoms. The summed E-state index contributed by atoms with van der Waals surface area (Å²) in [5.41, 5.74) is 1.36. The minimum Gasteiger partial charge on any atom is -0.481 e. The van der Waals surface area contributed by atoms with Gasteiger partial charge in [0, 0.05) is 18.5 Å². The lowest BCUT2D eigenvalue weighted by Crippen LogP contribution is -2.14. The van der Waals surface area contributed by atoms with Gasteiger partial charge in [0.1, 0.15) is 5.69 Å². The summed E-state index contributed by atoms with van der Waals surface area (Å²) in [6, 6.07) is 4.74. The molecule has 3 heterocycles. The molecule has 0 spiro atoms. The fourth-order valence-electron chi connectivity index (χ4n) is 2.25. The third-order valence-electron chi connectivity index (χ3n) is 3.34. The number of nitrogens with zero attached hydrogens (tertiary/aromatic N) is 4. The van der Waals surface area contributed by atoms with Crippen LogP contribution < -0.4 is 10.1 Å². The van der Waals surface area contributed by atoms with Crippen LogP contribution in [0.2, 0.25) is 10.0 Å². The summed E-state index contributed by atoms with van der Waals surface area (Å²) in [4.78, 5) is 16.5. The van der Waals surface area contributed by atoms with Gasteiger partial charge in [-0.1, -0.05) is 28.4 Å². The standard InChI is InChI=1S/C15H11Cl2N5O3/c1-25-13-3-2-9(12-4-8(5-19-24)21-22(12)13)15(23)20-14-10(16)6-18-7-11(14)17/h2-7,24H,1H3,(H,18,20,23). The first-order valence-electron chi connectivity index (χ1n) is 6.89. The maximum absolute atomic E-state index is 12.7. The molecule has 3 aromatic rings. The van der Waals surface area contributed by atoms with Crippen LogP contribution in [0.15, 0.2) is 35.7 Å². The van der Waals surface area contributed by atoms with Gasteiger partial charge in [-0.15, -0.1) is 0 Å². The fraction of sp³-hybridized carbons (Fsp3) is 0.0667. The molecule has 2 N–H and O–H groups in total. The SMILES string of the molecule is COc1ccc(C(=O)Nc2c(Cl)cncc2Cl)c2cc(C=NO)nn12. The third kappa shape index (κ3) is 3.21. The molecule has 0 atom stereocenters. The average molecular weight is 380 g/mol. The van der Waals surface area contributed by atoms with Crippen LogP contribution in [-0.2, 0) is 0 Å². The fourth-order valence-corrected chi connectivity index (χ4v) is 2.71. The van der Waals surface area contributed by atoms with Gasteiger partial charge < -0.3 is 15.3 Å². The number of oxime groups is 1. The molecule has 3 aromatic heterocycles. The summed E-state index contributed by atoms with van der Waals surface area (Å²) in [6.07, 6.45) is 3.90. The number of methoxy groups -OCH3 is 1. The van der Waals surface area contributed by atoms with Crippen molar-refractivity contribution in [1.29, 1.82) is 0 Å². The van der Waals surface area contributed by atoms with Crippen molar-refractivity contribution >= 4 is 46.5 Å². The van der Waals surface area contributed by atoms with Gasteiger partial charge in [-0.05, 0) is 12.1 Å². The van der Waals surface area contributed by atoms with Gasteiger partial charge >= 0.3 is 0 Å². The molecule has 0 saturated heterocycles. The number of ether oxygens (including phenoxy) is 1. The molecule has 0 unspecified atom stereocenters. The minimum atomic E-state index is -0.449. The Morgan fingerprint density at radius 3 is 2.72 bits per heavy atom. The van der Waals surface area contributed by atoms with E-state index in [1.165, 1.54) is 24.0 Å². The van der Waals surface area contributed by atoms with Crippen molar-refractivity contribution in [3.8, 4) is 5.88 Å². The summed E-state index contributed by atoms with van der Waals surface area (Å²) in [7, 11) is 1.48. The molecule has 0 aromatic carbocycles. The average Bonchev–Trinajstić information content (AvgIpc) is 3.01. The third-order valence-corrected chi connectivity index (χ3v) is 3.91. The van der Waals surface area contributed by atoms with E-state index in [1.807, 2.05) is 0 Å². The number of carbonyl (C=O) groups excluding carboxylic acids is 1. The van der Waals surface area contributed by atoms with E-state index in [-0.39, 0.29) is 15.7 Å². The number of hydrogen-bond donors (Lipinski definition) is 2. The summed E-state index contributed by atoms with van der Waals surface area (Å²) < 4.78 is 6.64. The van der Waals surface area contributed by atoms with Crippen molar-refractivity contribution in [3.05, 3.63) is 51.9 Å². The minimum absolute atomic E-state index is 0.215. The van der Waals surface area contributed by atoms with Crippen LogP contribution in [0.5, 0.6) is 5.88 Å². The van der Waals surface area contributed by atoms with Gasteiger partial charge in [-0.2, -0.15) is 9.61 Å². The lowest BCUT2D eigenvalue weighted by molar-refractivity contribution is 0.102. The van der Waals surface area contributed by atoms with E-state index in [1.54, 1.807) is 18.2 Å². The van der Waals surface area contributed by atoms with E-state index in [4.69, 9.17) is 33.1 Å². The van der Waals surface area contributed by atoms with E-state index in [2.05, 4.69) is 20.6 Å². The highest BCUT2D eigenvalue weighted by Gasteiger charge is 2.18. The van der Waals surface area contributed by atoms with Crippen LogP contribution in [0, 0.1) is 0 Å². The number of amides is 1. The Morgan fingerprint density at radius 1 is 1.36 bits per heavy atom. The van der Waals surface area contributed by atoms with Crippen molar-refractivity contribution in [2.45, 2.75) is 0 Å². The molecule has 1 amide bonds. The van der Waals surface area contributed by atoms with E-state index in [9.17, 15) is 4.79 Å². The zero-order chi connectivity index (χ0) is 18.0. The first-order valence-corrected chi connectivity index (χ1v) is 7.65. The quantitative estimate of drug-likeness (QED) is 0.412. The molecule has 8 nitrogen and oxygen atoms in total.